The molecule has 0 unspecified atom stereocenters. The Morgan fingerprint density at radius 3 is 2.46 bits per heavy atom. The first-order chi connectivity index (χ1) is 13.3. The number of carbonyl (C=O) groups is 1. The number of benzene rings is 2. The van der Waals surface area contributed by atoms with Gasteiger partial charge < -0.3 is 9.30 Å². The van der Waals surface area contributed by atoms with Crippen molar-refractivity contribution in [1.29, 1.82) is 0 Å². The summed E-state index contributed by atoms with van der Waals surface area (Å²) >= 11 is 0. The van der Waals surface area contributed by atoms with E-state index in [1.54, 1.807) is 16.7 Å². The summed E-state index contributed by atoms with van der Waals surface area (Å²) < 4.78 is 46.4. The number of halogens is 3. The van der Waals surface area contributed by atoms with Gasteiger partial charge in [0.1, 0.15) is 5.75 Å². The van der Waals surface area contributed by atoms with E-state index in [2.05, 4.69) is 0 Å². The molecule has 148 valence electrons. The van der Waals surface area contributed by atoms with Crippen molar-refractivity contribution in [3.05, 3.63) is 65.4 Å². The summed E-state index contributed by atoms with van der Waals surface area (Å²) in [7, 11) is 0. The molecule has 0 aliphatic carbocycles. The second-order valence-electron chi connectivity index (χ2n) is 6.74. The van der Waals surface area contributed by atoms with Gasteiger partial charge in [0, 0.05) is 18.1 Å². The van der Waals surface area contributed by atoms with Crippen molar-refractivity contribution in [2.45, 2.75) is 39.4 Å². The van der Waals surface area contributed by atoms with Gasteiger partial charge in [-0.1, -0.05) is 42.8 Å². The van der Waals surface area contributed by atoms with Gasteiger partial charge in [-0.05, 0) is 37.5 Å². The smallest absolute Gasteiger partial charge is 0.454 e. The number of nitrogens with zero attached hydrogens (tertiary/aromatic N) is 1. The monoisotopic (exact) mass is 389 g/mol. The van der Waals surface area contributed by atoms with Crippen LogP contribution in [0.15, 0.2) is 48.7 Å². The number of ether oxygens (including phenoxy) is 1. The van der Waals surface area contributed by atoms with Crippen LogP contribution >= 0.6 is 0 Å². The second kappa shape index (κ2) is 8.09. The lowest BCUT2D eigenvalue weighted by Crippen LogP contribution is -2.22. The Kier molecular flexibility index (Phi) is 5.77. The molecule has 6 heteroatoms. The molecule has 1 aromatic heterocycles. The fraction of sp³-hybridized carbons (Fsp3) is 0.318. The molecule has 0 saturated carbocycles. The van der Waals surface area contributed by atoms with Crippen molar-refractivity contribution in [3.8, 4) is 5.75 Å². The maximum atomic E-state index is 13.0. The van der Waals surface area contributed by atoms with E-state index in [-0.39, 0.29) is 5.56 Å². The molecule has 0 aliphatic heterocycles. The zero-order valence-corrected chi connectivity index (χ0v) is 15.8. The molecule has 0 aliphatic rings. The maximum absolute atomic E-state index is 13.0. The summed E-state index contributed by atoms with van der Waals surface area (Å²) in [6.45, 7) is 4.83. The molecule has 0 amide bonds. The van der Waals surface area contributed by atoms with Crippen LogP contribution in [0, 0.1) is 6.92 Å². The molecule has 2 aromatic carbocycles. The van der Waals surface area contributed by atoms with Gasteiger partial charge in [0.05, 0.1) is 17.7 Å². The lowest BCUT2D eigenvalue weighted by atomic mass is 10.0. The Bertz CT molecular complexity index is 972. The minimum atomic E-state index is -4.89. The van der Waals surface area contributed by atoms with E-state index in [4.69, 9.17) is 4.74 Å². The average molecular weight is 389 g/mol. The van der Waals surface area contributed by atoms with Gasteiger partial charge in [-0.2, -0.15) is 13.2 Å². The molecule has 3 aromatic rings. The van der Waals surface area contributed by atoms with Crippen LogP contribution in [0.5, 0.6) is 5.75 Å². The number of para-hydroxylation sites is 1. The van der Waals surface area contributed by atoms with Gasteiger partial charge in [0.25, 0.3) is 5.78 Å². The molecule has 28 heavy (non-hydrogen) atoms. The first-order valence-electron chi connectivity index (χ1n) is 9.23. The summed E-state index contributed by atoms with van der Waals surface area (Å²) in [4.78, 5) is 11.9. The van der Waals surface area contributed by atoms with Crippen LogP contribution in [0.25, 0.3) is 10.9 Å². The average Bonchev–Trinajstić information content (AvgIpc) is 3.04. The van der Waals surface area contributed by atoms with E-state index in [0.29, 0.717) is 36.9 Å². The molecule has 0 fully saturated rings. The molecule has 0 atom stereocenters. The zero-order chi connectivity index (χ0) is 20.3. The summed E-state index contributed by atoms with van der Waals surface area (Å²) in [6, 6.07) is 12.8. The van der Waals surface area contributed by atoms with Crippen LogP contribution in [-0.4, -0.2) is 23.1 Å². The highest BCUT2D eigenvalue weighted by molar-refractivity contribution is 6.11. The fourth-order valence-corrected chi connectivity index (χ4v) is 3.29. The molecule has 3 rings (SSSR count). The third kappa shape index (κ3) is 4.21. The number of carbonyl (C=O) groups excluding carboxylic acids is 1. The van der Waals surface area contributed by atoms with Crippen LogP contribution in [0.4, 0.5) is 13.2 Å². The maximum Gasteiger partial charge on any atom is 0.454 e. The van der Waals surface area contributed by atoms with Crippen LogP contribution in [-0.2, 0) is 13.0 Å². The van der Waals surface area contributed by atoms with Crippen molar-refractivity contribution in [1.82, 2.24) is 4.57 Å². The third-order valence-electron chi connectivity index (χ3n) is 4.70. The Hall–Kier alpha value is -2.76. The van der Waals surface area contributed by atoms with Crippen molar-refractivity contribution in [2.24, 2.45) is 0 Å². The number of ketones is 1. The summed E-state index contributed by atoms with van der Waals surface area (Å²) in [5, 5.41) is 0.348. The number of aromatic nitrogens is 1. The Labute approximate surface area is 161 Å². The second-order valence-corrected chi connectivity index (χ2v) is 6.74. The third-order valence-corrected chi connectivity index (χ3v) is 4.70. The SMILES string of the molecule is CCc1cccc2c(C(=O)C(F)(F)F)cn(CCCOc3ccc(C)cc3)c12. The molecular weight excluding hydrogens is 367 g/mol. The number of hydrogen-bond donors (Lipinski definition) is 0. The summed E-state index contributed by atoms with van der Waals surface area (Å²) in [6.07, 6.45) is -2.29. The molecule has 0 N–H and O–H groups in total. The van der Waals surface area contributed by atoms with Gasteiger partial charge in [-0.3, -0.25) is 4.79 Å². The topological polar surface area (TPSA) is 31.2 Å². The molecule has 0 bridgehead atoms. The quantitative estimate of drug-likeness (QED) is 0.382. The number of Topliss-reactive ketones (excluding diaryl/α,β-unsaturated/α-hetero) is 1. The largest absolute Gasteiger partial charge is 0.494 e. The van der Waals surface area contributed by atoms with E-state index >= 15 is 0 Å². The lowest BCUT2D eigenvalue weighted by Gasteiger charge is -2.10. The lowest BCUT2D eigenvalue weighted by molar-refractivity contribution is -0.0884. The Balaban J connectivity index is 1.81. The number of hydrogen-bond acceptors (Lipinski definition) is 2. The van der Waals surface area contributed by atoms with E-state index in [1.165, 1.54) is 6.20 Å². The standard InChI is InChI=1S/C22H22F3NO2/c1-3-16-6-4-7-18-19(21(27)22(23,24)25)14-26(20(16)18)12-5-13-28-17-10-8-15(2)9-11-17/h4,6-11,14H,3,5,12-13H2,1-2H3. The van der Waals surface area contributed by atoms with Crippen LogP contribution in [0.3, 0.4) is 0 Å². The number of fused-ring (bicyclic) bond motifs is 1. The van der Waals surface area contributed by atoms with Gasteiger partial charge in [0.2, 0.25) is 0 Å². The van der Waals surface area contributed by atoms with E-state index in [9.17, 15) is 18.0 Å². The highest BCUT2D eigenvalue weighted by Crippen LogP contribution is 2.30. The number of rotatable bonds is 7. The van der Waals surface area contributed by atoms with Crippen LogP contribution in [0.2, 0.25) is 0 Å². The fourth-order valence-electron chi connectivity index (χ4n) is 3.29. The predicted molar refractivity (Wildman–Crippen MR) is 103 cm³/mol. The summed E-state index contributed by atoms with van der Waals surface area (Å²) in [5.74, 6) is -1.05. The van der Waals surface area contributed by atoms with Gasteiger partial charge in [0.15, 0.2) is 0 Å². The van der Waals surface area contributed by atoms with E-state index < -0.39 is 12.0 Å². The van der Waals surface area contributed by atoms with Crippen molar-refractivity contribution < 1.29 is 22.7 Å². The Morgan fingerprint density at radius 2 is 1.82 bits per heavy atom. The minimum absolute atomic E-state index is 0.294. The molecule has 0 saturated heterocycles. The van der Waals surface area contributed by atoms with Gasteiger partial charge in [-0.15, -0.1) is 0 Å². The molecule has 1 heterocycles. The minimum Gasteiger partial charge on any atom is -0.494 e. The van der Waals surface area contributed by atoms with Crippen LogP contribution < -0.4 is 4.74 Å². The van der Waals surface area contributed by atoms with Crippen LogP contribution in [0.1, 0.15) is 34.8 Å². The van der Waals surface area contributed by atoms with Crippen molar-refractivity contribution >= 4 is 16.7 Å². The van der Waals surface area contributed by atoms with Crippen molar-refractivity contribution in [2.75, 3.05) is 6.61 Å². The summed E-state index contributed by atoms with van der Waals surface area (Å²) in [5.41, 5.74) is 2.45. The zero-order valence-electron chi connectivity index (χ0n) is 15.8. The normalized spacial score (nSPS) is 11.8. The van der Waals surface area contributed by atoms with Gasteiger partial charge in [-0.25, -0.2) is 0 Å². The molecule has 0 radical (unpaired) electrons. The molecule has 0 spiro atoms. The molecule has 3 nitrogen and oxygen atoms in total. The highest BCUT2D eigenvalue weighted by atomic mass is 19.4. The van der Waals surface area contributed by atoms with E-state index in [1.807, 2.05) is 44.2 Å². The number of aryl methyl sites for hydroxylation is 3. The number of alkyl halides is 3. The van der Waals surface area contributed by atoms with E-state index in [0.717, 1.165) is 16.9 Å². The predicted octanol–water partition coefficient (Wildman–Crippen LogP) is 5.73. The first kappa shape index (κ1) is 20.0. The highest BCUT2D eigenvalue weighted by Gasteiger charge is 2.40. The van der Waals surface area contributed by atoms with Gasteiger partial charge >= 0.3 is 6.18 Å². The first-order valence-corrected chi connectivity index (χ1v) is 9.23. The Morgan fingerprint density at radius 1 is 1.11 bits per heavy atom. The van der Waals surface area contributed by atoms with Crippen molar-refractivity contribution in [3.63, 3.8) is 0 Å². The molecular formula is C22H22F3NO2.